The van der Waals surface area contributed by atoms with Crippen molar-refractivity contribution in [2.45, 2.75) is 33.2 Å². The van der Waals surface area contributed by atoms with Crippen LogP contribution in [0.3, 0.4) is 0 Å². The van der Waals surface area contributed by atoms with E-state index in [1.165, 1.54) is 0 Å². The minimum Gasteiger partial charge on any atom is -0.369 e. The third kappa shape index (κ3) is 4.50. The highest BCUT2D eigenvalue weighted by Crippen LogP contribution is 2.19. The first kappa shape index (κ1) is 15.9. The quantitative estimate of drug-likeness (QED) is 0.832. The summed E-state index contributed by atoms with van der Waals surface area (Å²) in [5.74, 6) is -0.353. The molecular formula is C14H22N4O2S. The van der Waals surface area contributed by atoms with Crippen molar-refractivity contribution < 1.29 is 9.59 Å². The summed E-state index contributed by atoms with van der Waals surface area (Å²) in [6.07, 6.45) is 1.78. The van der Waals surface area contributed by atoms with Crippen molar-refractivity contribution in [3.8, 4) is 0 Å². The molecule has 2 amide bonds. The van der Waals surface area contributed by atoms with Gasteiger partial charge in [-0.3, -0.25) is 14.5 Å². The van der Waals surface area contributed by atoms with Crippen LogP contribution >= 0.6 is 11.3 Å². The van der Waals surface area contributed by atoms with E-state index in [4.69, 9.17) is 5.73 Å². The Morgan fingerprint density at radius 1 is 1.48 bits per heavy atom. The van der Waals surface area contributed by atoms with Crippen molar-refractivity contribution in [2.75, 3.05) is 19.6 Å². The summed E-state index contributed by atoms with van der Waals surface area (Å²) in [7, 11) is 0. The lowest BCUT2D eigenvalue weighted by Crippen LogP contribution is -2.45. The molecule has 0 aromatic carbocycles. The largest absolute Gasteiger partial charge is 0.369 e. The van der Waals surface area contributed by atoms with Crippen molar-refractivity contribution in [1.82, 2.24) is 15.2 Å². The zero-order valence-electron chi connectivity index (χ0n) is 12.5. The molecule has 3 N–H and O–H groups in total. The molecule has 1 aromatic heterocycles. The number of hydrogen-bond donors (Lipinski definition) is 2. The van der Waals surface area contributed by atoms with Gasteiger partial charge in [-0.05, 0) is 33.2 Å². The van der Waals surface area contributed by atoms with Gasteiger partial charge in [0.1, 0.15) is 0 Å². The van der Waals surface area contributed by atoms with Crippen LogP contribution in [0, 0.1) is 19.8 Å². The number of rotatable bonds is 5. The minimum absolute atomic E-state index is 0.0506. The highest BCUT2D eigenvalue weighted by molar-refractivity contribution is 7.11. The van der Waals surface area contributed by atoms with Crippen molar-refractivity contribution in [1.29, 1.82) is 0 Å². The molecule has 1 aromatic rings. The predicted octanol–water partition coefficient (Wildman–Crippen LogP) is 0.573. The second kappa shape index (κ2) is 7.00. The van der Waals surface area contributed by atoms with Gasteiger partial charge in [-0.15, -0.1) is 11.3 Å². The maximum absolute atomic E-state index is 12.3. The fraction of sp³-hybridized carbons (Fsp3) is 0.643. The molecule has 21 heavy (non-hydrogen) atoms. The van der Waals surface area contributed by atoms with Gasteiger partial charge in [-0.25, -0.2) is 4.98 Å². The van der Waals surface area contributed by atoms with Gasteiger partial charge < -0.3 is 11.1 Å². The van der Waals surface area contributed by atoms with Crippen LogP contribution in [-0.2, 0) is 16.1 Å². The SMILES string of the molecule is Cc1nc(C)c(CNC(=O)[C@H]2CCCN(CC(N)=O)C2)s1. The van der Waals surface area contributed by atoms with Crippen molar-refractivity contribution in [2.24, 2.45) is 11.7 Å². The third-order valence-corrected chi connectivity index (χ3v) is 4.75. The molecule has 7 heteroatoms. The molecule has 0 aliphatic carbocycles. The Kier molecular flexibility index (Phi) is 5.30. The van der Waals surface area contributed by atoms with Crippen LogP contribution in [0.15, 0.2) is 0 Å². The fourth-order valence-corrected chi connectivity index (χ4v) is 3.56. The standard InChI is InChI=1S/C14H22N4O2S/c1-9-12(21-10(2)17-9)6-16-14(20)11-4-3-5-18(7-11)8-13(15)19/h11H,3-8H2,1-2H3,(H2,15,19)(H,16,20)/t11-/m0/s1. The number of nitrogens with two attached hydrogens (primary N) is 1. The fourth-order valence-electron chi connectivity index (χ4n) is 2.68. The van der Waals surface area contributed by atoms with Crippen LogP contribution in [-0.4, -0.2) is 41.3 Å². The molecule has 116 valence electrons. The van der Waals surface area contributed by atoms with E-state index in [-0.39, 0.29) is 24.3 Å². The number of thiazole rings is 1. The van der Waals surface area contributed by atoms with Gasteiger partial charge in [0.2, 0.25) is 11.8 Å². The summed E-state index contributed by atoms with van der Waals surface area (Å²) in [4.78, 5) is 30.6. The summed E-state index contributed by atoms with van der Waals surface area (Å²) in [5.41, 5.74) is 6.19. The molecule has 1 saturated heterocycles. The molecule has 0 radical (unpaired) electrons. The van der Waals surface area contributed by atoms with Crippen molar-refractivity contribution >= 4 is 23.2 Å². The number of hydrogen-bond acceptors (Lipinski definition) is 5. The van der Waals surface area contributed by atoms with E-state index in [1.54, 1.807) is 11.3 Å². The second-order valence-electron chi connectivity index (χ2n) is 5.50. The zero-order valence-corrected chi connectivity index (χ0v) is 13.3. The van der Waals surface area contributed by atoms with Gasteiger partial charge in [0.15, 0.2) is 0 Å². The number of piperidine rings is 1. The van der Waals surface area contributed by atoms with Crippen LogP contribution in [0.5, 0.6) is 0 Å². The number of amides is 2. The third-order valence-electron chi connectivity index (χ3n) is 3.68. The molecule has 1 fully saturated rings. The highest BCUT2D eigenvalue weighted by Gasteiger charge is 2.26. The van der Waals surface area contributed by atoms with Gasteiger partial charge in [-0.1, -0.05) is 0 Å². The lowest BCUT2D eigenvalue weighted by Gasteiger charge is -2.30. The Bertz CT molecular complexity index is 529. The molecule has 0 unspecified atom stereocenters. The Labute approximate surface area is 128 Å². The lowest BCUT2D eigenvalue weighted by atomic mass is 9.97. The molecule has 1 aliphatic heterocycles. The number of primary amides is 1. The summed E-state index contributed by atoms with van der Waals surface area (Å²) in [5, 5.41) is 4.00. The molecule has 2 rings (SSSR count). The van der Waals surface area contributed by atoms with Gasteiger partial charge in [0.25, 0.3) is 0 Å². The van der Waals surface area contributed by atoms with Crippen LogP contribution in [0.2, 0.25) is 0 Å². The van der Waals surface area contributed by atoms with Crippen molar-refractivity contribution in [3.63, 3.8) is 0 Å². The van der Waals surface area contributed by atoms with Crippen LogP contribution in [0.25, 0.3) is 0 Å². The summed E-state index contributed by atoms with van der Waals surface area (Å²) >= 11 is 1.61. The summed E-state index contributed by atoms with van der Waals surface area (Å²) < 4.78 is 0. The first-order valence-electron chi connectivity index (χ1n) is 7.17. The van der Waals surface area contributed by atoms with Crippen LogP contribution < -0.4 is 11.1 Å². The summed E-state index contributed by atoms with van der Waals surface area (Å²) in [6.45, 7) is 6.13. The number of aryl methyl sites for hydroxylation is 2. The maximum atomic E-state index is 12.3. The van der Waals surface area contributed by atoms with Gasteiger partial charge >= 0.3 is 0 Å². The number of carbonyl (C=O) groups is 2. The molecule has 1 aliphatic rings. The van der Waals surface area contributed by atoms with E-state index in [1.807, 2.05) is 18.7 Å². The number of likely N-dealkylation sites (tertiary alicyclic amines) is 1. The normalized spacial score (nSPS) is 19.4. The van der Waals surface area contributed by atoms with Gasteiger partial charge in [0.05, 0.1) is 29.7 Å². The smallest absolute Gasteiger partial charge is 0.231 e. The number of nitrogens with zero attached hydrogens (tertiary/aromatic N) is 2. The van der Waals surface area contributed by atoms with E-state index >= 15 is 0 Å². The maximum Gasteiger partial charge on any atom is 0.231 e. The van der Waals surface area contributed by atoms with E-state index in [9.17, 15) is 9.59 Å². The Morgan fingerprint density at radius 3 is 2.86 bits per heavy atom. The first-order chi connectivity index (χ1) is 9.95. The Hall–Kier alpha value is -1.47. The van der Waals surface area contributed by atoms with Gasteiger partial charge in [-0.2, -0.15) is 0 Å². The van der Waals surface area contributed by atoms with E-state index in [2.05, 4.69) is 10.3 Å². The topological polar surface area (TPSA) is 88.3 Å². The zero-order chi connectivity index (χ0) is 15.4. The lowest BCUT2D eigenvalue weighted by molar-refractivity contribution is -0.128. The average molecular weight is 310 g/mol. The number of carbonyl (C=O) groups excluding carboxylic acids is 2. The van der Waals surface area contributed by atoms with Gasteiger partial charge in [0, 0.05) is 11.4 Å². The van der Waals surface area contributed by atoms with Crippen molar-refractivity contribution in [3.05, 3.63) is 15.6 Å². The Balaban J connectivity index is 1.85. The van der Waals surface area contributed by atoms with E-state index in [0.717, 1.165) is 35.0 Å². The minimum atomic E-state index is -0.341. The van der Waals surface area contributed by atoms with E-state index in [0.29, 0.717) is 13.1 Å². The predicted molar refractivity (Wildman–Crippen MR) is 81.8 cm³/mol. The second-order valence-corrected chi connectivity index (χ2v) is 6.79. The molecule has 6 nitrogen and oxygen atoms in total. The summed E-state index contributed by atoms with van der Waals surface area (Å²) in [6, 6.07) is 0. The first-order valence-corrected chi connectivity index (χ1v) is 7.98. The highest BCUT2D eigenvalue weighted by atomic mass is 32.1. The molecular weight excluding hydrogens is 288 g/mol. The monoisotopic (exact) mass is 310 g/mol. The Morgan fingerprint density at radius 2 is 2.24 bits per heavy atom. The number of nitrogens with one attached hydrogen (secondary N) is 1. The number of aromatic nitrogens is 1. The molecule has 1 atom stereocenters. The molecule has 0 spiro atoms. The average Bonchev–Trinajstić information content (AvgIpc) is 2.74. The molecule has 2 heterocycles. The van der Waals surface area contributed by atoms with Crippen LogP contribution in [0.1, 0.15) is 28.4 Å². The van der Waals surface area contributed by atoms with Crippen LogP contribution in [0.4, 0.5) is 0 Å². The molecule has 0 saturated carbocycles. The molecule has 0 bridgehead atoms. The van der Waals surface area contributed by atoms with E-state index < -0.39 is 0 Å².